The molecule has 0 amide bonds. The minimum atomic E-state index is 0.665. The number of nitrogens with one attached hydrogen (secondary N) is 1. The van der Waals surface area contributed by atoms with Gasteiger partial charge in [0.05, 0.1) is 0 Å². The van der Waals surface area contributed by atoms with Gasteiger partial charge in [-0.05, 0) is 30.4 Å². The molecule has 3 nitrogen and oxygen atoms in total. The molecule has 1 atom stereocenters. The second-order valence-electron chi connectivity index (χ2n) is 5.97. The summed E-state index contributed by atoms with van der Waals surface area (Å²) in [6.07, 6.45) is 7.01. The van der Waals surface area contributed by atoms with Crippen molar-refractivity contribution in [2.24, 2.45) is 5.92 Å². The topological polar surface area (TPSA) is 30.5 Å². The number of fused-ring (bicyclic) bond motifs is 2. The van der Waals surface area contributed by atoms with Gasteiger partial charge in [0, 0.05) is 24.2 Å². The lowest BCUT2D eigenvalue weighted by Crippen LogP contribution is -2.18. The Morgan fingerprint density at radius 1 is 0.947 bits per heavy atom. The molecule has 3 aliphatic rings. The molecule has 1 aromatic rings. The summed E-state index contributed by atoms with van der Waals surface area (Å²) in [5.74, 6) is 3.37. The summed E-state index contributed by atoms with van der Waals surface area (Å²) >= 11 is 0. The van der Waals surface area contributed by atoms with Gasteiger partial charge in [0.1, 0.15) is 13.2 Å². The van der Waals surface area contributed by atoms with Crippen molar-refractivity contribution in [2.45, 2.75) is 38.0 Å². The van der Waals surface area contributed by atoms with Crippen LogP contribution in [0.15, 0.2) is 12.1 Å². The Morgan fingerprint density at radius 2 is 1.68 bits per heavy atom. The molecule has 3 heteroatoms. The number of hydrogen-bond acceptors (Lipinski definition) is 3. The molecule has 1 unspecified atom stereocenters. The first-order valence-electron chi connectivity index (χ1n) is 7.59. The molecule has 2 aliphatic heterocycles. The summed E-state index contributed by atoms with van der Waals surface area (Å²) in [6.45, 7) is 2.42. The predicted molar refractivity (Wildman–Crippen MR) is 75.2 cm³/mol. The summed E-state index contributed by atoms with van der Waals surface area (Å²) in [5, 5.41) is 3.56. The number of ether oxygens (including phenoxy) is 2. The summed E-state index contributed by atoms with van der Waals surface area (Å²) in [7, 11) is 0. The first kappa shape index (κ1) is 11.4. The molecule has 1 aliphatic carbocycles. The molecule has 102 valence electrons. The minimum Gasteiger partial charge on any atom is -0.486 e. The van der Waals surface area contributed by atoms with Crippen molar-refractivity contribution in [2.75, 3.05) is 25.1 Å². The maximum atomic E-state index is 5.73. The van der Waals surface area contributed by atoms with Gasteiger partial charge in [0.2, 0.25) is 0 Å². The van der Waals surface area contributed by atoms with Crippen LogP contribution < -0.4 is 14.8 Å². The van der Waals surface area contributed by atoms with Gasteiger partial charge in [0.15, 0.2) is 11.5 Å². The van der Waals surface area contributed by atoms with E-state index in [9.17, 15) is 0 Å². The highest BCUT2D eigenvalue weighted by Crippen LogP contribution is 2.46. The van der Waals surface area contributed by atoms with E-state index in [1.807, 2.05) is 0 Å². The van der Waals surface area contributed by atoms with Gasteiger partial charge in [-0.15, -0.1) is 0 Å². The first-order chi connectivity index (χ1) is 9.42. The monoisotopic (exact) mass is 259 g/mol. The summed E-state index contributed by atoms with van der Waals surface area (Å²) in [6, 6.07) is 4.36. The zero-order valence-corrected chi connectivity index (χ0v) is 11.3. The average Bonchev–Trinajstić information content (AvgIpc) is 2.88. The van der Waals surface area contributed by atoms with Crippen molar-refractivity contribution in [1.29, 1.82) is 0 Å². The highest BCUT2D eigenvalue weighted by atomic mass is 16.6. The Kier molecular flexibility index (Phi) is 2.78. The number of benzene rings is 1. The molecule has 0 radical (unpaired) electrons. The lowest BCUT2D eigenvalue weighted by Gasteiger charge is -2.28. The van der Waals surface area contributed by atoms with Crippen LogP contribution in [0.5, 0.6) is 11.5 Å². The van der Waals surface area contributed by atoms with Gasteiger partial charge in [0.25, 0.3) is 0 Å². The number of anilines is 1. The predicted octanol–water partition coefficient (Wildman–Crippen LogP) is 3.55. The number of hydrogen-bond donors (Lipinski definition) is 1. The molecular weight excluding hydrogens is 238 g/mol. The zero-order valence-electron chi connectivity index (χ0n) is 11.3. The molecule has 1 aromatic carbocycles. The van der Waals surface area contributed by atoms with Crippen molar-refractivity contribution < 1.29 is 9.47 Å². The van der Waals surface area contributed by atoms with Crippen LogP contribution in [0.2, 0.25) is 0 Å². The van der Waals surface area contributed by atoms with Crippen LogP contribution in [-0.4, -0.2) is 19.8 Å². The smallest absolute Gasteiger partial charge is 0.163 e. The Hall–Kier alpha value is -1.38. The Balaban J connectivity index is 1.66. The summed E-state index contributed by atoms with van der Waals surface area (Å²) < 4.78 is 11.4. The molecule has 0 spiro atoms. The van der Waals surface area contributed by atoms with Crippen LogP contribution >= 0.6 is 0 Å². The third kappa shape index (κ3) is 1.96. The molecule has 1 fully saturated rings. The van der Waals surface area contributed by atoms with Gasteiger partial charge in [-0.25, -0.2) is 0 Å². The van der Waals surface area contributed by atoms with Crippen molar-refractivity contribution in [3.8, 4) is 11.5 Å². The van der Waals surface area contributed by atoms with Crippen molar-refractivity contribution in [3.63, 3.8) is 0 Å². The fourth-order valence-electron chi connectivity index (χ4n) is 3.85. The minimum absolute atomic E-state index is 0.665. The van der Waals surface area contributed by atoms with E-state index in [1.165, 1.54) is 43.4 Å². The van der Waals surface area contributed by atoms with Crippen LogP contribution in [0.3, 0.4) is 0 Å². The highest BCUT2D eigenvalue weighted by Gasteiger charge is 2.32. The zero-order chi connectivity index (χ0) is 12.7. The molecule has 19 heavy (non-hydrogen) atoms. The molecule has 1 saturated carbocycles. The van der Waals surface area contributed by atoms with Crippen LogP contribution in [0, 0.1) is 5.92 Å². The normalized spacial score (nSPS) is 25.8. The van der Waals surface area contributed by atoms with E-state index in [4.69, 9.17) is 9.47 Å². The third-order valence-corrected chi connectivity index (χ3v) is 4.85. The fourth-order valence-corrected chi connectivity index (χ4v) is 3.85. The maximum absolute atomic E-state index is 5.73. The highest BCUT2D eigenvalue weighted by molar-refractivity contribution is 5.65. The van der Waals surface area contributed by atoms with Crippen molar-refractivity contribution >= 4 is 5.69 Å². The second-order valence-corrected chi connectivity index (χ2v) is 5.97. The van der Waals surface area contributed by atoms with Crippen molar-refractivity contribution in [3.05, 3.63) is 17.7 Å². The summed E-state index contributed by atoms with van der Waals surface area (Å²) in [5.41, 5.74) is 2.72. The Bertz CT molecular complexity index is 480. The molecule has 0 bridgehead atoms. The van der Waals surface area contributed by atoms with E-state index in [0.717, 1.165) is 24.0 Å². The average molecular weight is 259 g/mol. The Morgan fingerprint density at radius 3 is 2.47 bits per heavy atom. The van der Waals surface area contributed by atoms with Crippen LogP contribution in [0.25, 0.3) is 0 Å². The second kappa shape index (κ2) is 4.62. The molecular formula is C16H21NO2. The lowest BCUT2D eigenvalue weighted by atomic mass is 9.77. The van der Waals surface area contributed by atoms with Crippen LogP contribution in [0.1, 0.15) is 43.6 Å². The van der Waals surface area contributed by atoms with Crippen LogP contribution in [0.4, 0.5) is 5.69 Å². The SMILES string of the molecule is c1c2c(cc3c1OCCO3)C(C1CCCCC1)CN2. The van der Waals surface area contributed by atoms with Gasteiger partial charge < -0.3 is 14.8 Å². The quantitative estimate of drug-likeness (QED) is 0.836. The molecule has 0 aromatic heterocycles. The Labute approximate surface area is 114 Å². The fraction of sp³-hybridized carbons (Fsp3) is 0.625. The van der Waals surface area contributed by atoms with E-state index in [1.54, 1.807) is 0 Å². The third-order valence-electron chi connectivity index (χ3n) is 4.85. The molecule has 1 N–H and O–H groups in total. The van der Waals surface area contributed by atoms with Gasteiger partial charge in [-0.3, -0.25) is 0 Å². The maximum Gasteiger partial charge on any atom is 0.163 e. The van der Waals surface area contributed by atoms with Gasteiger partial charge >= 0.3 is 0 Å². The summed E-state index contributed by atoms with van der Waals surface area (Å²) in [4.78, 5) is 0. The van der Waals surface area contributed by atoms with E-state index < -0.39 is 0 Å². The largest absolute Gasteiger partial charge is 0.486 e. The van der Waals surface area contributed by atoms with Crippen LogP contribution in [-0.2, 0) is 0 Å². The van der Waals surface area contributed by atoms with Gasteiger partial charge in [-0.1, -0.05) is 19.3 Å². The van der Waals surface area contributed by atoms with E-state index in [2.05, 4.69) is 17.4 Å². The van der Waals surface area contributed by atoms with Crippen molar-refractivity contribution in [1.82, 2.24) is 0 Å². The first-order valence-corrected chi connectivity index (χ1v) is 7.59. The molecule has 2 heterocycles. The lowest BCUT2D eigenvalue weighted by molar-refractivity contribution is 0.171. The van der Waals surface area contributed by atoms with E-state index >= 15 is 0 Å². The standard InChI is InChI=1S/C16H21NO2/c1-2-4-11(5-3-1)13-10-17-14-9-16-15(8-12(13)14)18-6-7-19-16/h8-9,11,13,17H,1-7,10H2. The van der Waals surface area contributed by atoms with E-state index in [0.29, 0.717) is 19.1 Å². The molecule has 4 rings (SSSR count). The number of rotatable bonds is 1. The van der Waals surface area contributed by atoms with E-state index in [-0.39, 0.29) is 0 Å². The van der Waals surface area contributed by atoms with Gasteiger partial charge in [-0.2, -0.15) is 0 Å². The molecule has 0 saturated heterocycles.